The first-order valence-electron chi connectivity index (χ1n) is 6.16. The highest BCUT2D eigenvalue weighted by Gasteiger charge is 2.19. The lowest BCUT2D eigenvalue weighted by molar-refractivity contribution is -0.120. The van der Waals surface area contributed by atoms with Gasteiger partial charge < -0.3 is 10.6 Å². The maximum absolute atomic E-state index is 13.8. The average molecular weight is 285 g/mol. The van der Waals surface area contributed by atoms with Crippen molar-refractivity contribution in [1.29, 1.82) is 0 Å². The minimum atomic E-state index is -0.969. The van der Waals surface area contributed by atoms with Crippen LogP contribution in [0.25, 0.3) is 0 Å². The van der Waals surface area contributed by atoms with Gasteiger partial charge in [-0.2, -0.15) is 0 Å². The van der Waals surface area contributed by atoms with Crippen molar-refractivity contribution in [2.45, 2.75) is 26.8 Å². The lowest BCUT2D eigenvalue weighted by Crippen LogP contribution is -2.45. The van der Waals surface area contributed by atoms with E-state index in [1.165, 1.54) is 19.9 Å². The van der Waals surface area contributed by atoms with Crippen molar-refractivity contribution in [3.8, 4) is 0 Å². The van der Waals surface area contributed by atoms with Crippen LogP contribution < -0.4 is 16.0 Å². The Kier molecular flexibility index (Phi) is 5.42. The molecule has 0 spiro atoms. The summed E-state index contributed by atoms with van der Waals surface area (Å²) in [4.78, 5) is 22.8. The van der Waals surface area contributed by atoms with Crippen LogP contribution in [0.3, 0.4) is 0 Å². The van der Waals surface area contributed by atoms with Gasteiger partial charge in [-0.1, -0.05) is 6.07 Å². The summed E-state index contributed by atoms with van der Waals surface area (Å²) in [6.07, 6.45) is 0. The van der Waals surface area contributed by atoms with Crippen molar-refractivity contribution in [3.05, 3.63) is 29.3 Å². The number of rotatable bonds is 4. The molecule has 1 aromatic rings. The number of imide groups is 1. The molecule has 20 heavy (non-hydrogen) atoms. The fourth-order valence-electron chi connectivity index (χ4n) is 1.50. The van der Waals surface area contributed by atoms with E-state index in [0.29, 0.717) is 6.54 Å². The summed E-state index contributed by atoms with van der Waals surface area (Å²) in [7, 11) is 0. The van der Waals surface area contributed by atoms with Crippen molar-refractivity contribution in [3.63, 3.8) is 0 Å². The van der Waals surface area contributed by atoms with Gasteiger partial charge in [-0.25, -0.2) is 13.6 Å². The Labute approximate surface area is 115 Å². The van der Waals surface area contributed by atoms with Crippen molar-refractivity contribution in [1.82, 2.24) is 10.6 Å². The van der Waals surface area contributed by atoms with Gasteiger partial charge in [0.15, 0.2) is 5.82 Å². The fraction of sp³-hybridized carbons (Fsp3) is 0.385. The molecule has 5 nitrogen and oxygen atoms in total. The molecule has 1 unspecified atom stereocenters. The number of benzene rings is 1. The predicted molar refractivity (Wildman–Crippen MR) is 71.4 cm³/mol. The fourth-order valence-corrected chi connectivity index (χ4v) is 1.50. The largest absolute Gasteiger partial charge is 0.369 e. The van der Waals surface area contributed by atoms with Gasteiger partial charge in [-0.05, 0) is 32.4 Å². The van der Waals surface area contributed by atoms with E-state index in [2.05, 4.69) is 16.0 Å². The number of aryl methyl sites for hydroxylation is 1. The van der Waals surface area contributed by atoms with E-state index in [4.69, 9.17) is 0 Å². The third-order valence-electron chi connectivity index (χ3n) is 2.61. The number of halogens is 2. The quantitative estimate of drug-likeness (QED) is 0.791. The Balaban J connectivity index is 2.76. The van der Waals surface area contributed by atoms with E-state index in [1.807, 2.05) is 0 Å². The first-order chi connectivity index (χ1) is 9.36. The summed E-state index contributed by atoms with van der Waals surface area (Å²) in [6, 6.07) is 0.782. The predicted octanol–water partition coefficient (Wildman–Crippen LogP) is 1.92. The van der Waals surface area contributed by atoms with Crippen LogP contribution in [0.2, 0.25) is 0 Å². The SMILES string of the molecule is CCNC(=O)NC(=O)C(C)Nc1c(F)ccc(C)c1F. The van der Waals surface area contributed by atoms with Gasteiger partial charge in [0, 0.05) is 6.54 Å². The molecule has 0 bridgehead atoms. The highest BCUT2D eigenvalue weighted by Crippen LogP contribution is 2.22. The summed E-state index contributed by atoms with van der Waals surface area (Å²) < 4.78 is 27.3. The normalized spacial score (nSPS) is 11.7. The van der Waals surface area contributed by atoms with Crippen molar-refractivity contribution >= 4 is 17.6 Å². The molecule has 7 heteroatoms. The standard InChI is InChI=1S/C13H17F2N3O2/c1-4-16-13(20)18-12(19)8(3)17-11-9(14)6-5-7(2)10(11)15/h5-6,8,17H,4H2,1-3H3,(H2,16,18,19,20). The van der Waals surface area contributed by atoms with E-state index in [9.17, 15) is 18.4 Å². The Hall–Kier alpha value is -2.18. The number of amides is 3. The van der Waals surface area contributed by atoms with Crippen molar-refractivity contribution in [2.75, 3.05) is 11.9 Å². The summed E-state index contributed by atoms with van der Waals surface area (Å²) >= 11 is 0. The van der Waals surface area contributed by atoms with Gasteiger partial charge in [0.2, 0.25) is 5.91 Å². The smallest absolute Gasteiger partial charge is 0.321 e. The van der Waals surface area contributed by atoms with Crippen LogP contribution in [-0.2, 0) is 4.79 Å². The molecule has 3 amide bonds. The molecule has 1 aromatic carbocycles. The first-order valence-corrected chi connectivity index (χ1v) is 6.16. The molecule has 0 aliphatic heterocycles. The summed E-state index contributed by atoms with van der Waals surface area (Å²) in [5.74, 6) is -2.25. The molecule has 110 valence electrons. The van der Waals surface area contributed by atoms with Gasteiger partial charge in [0.05, 0.1) is 0 Å². The zero-order chi connectivity index (χ0) is 15.3. The van der Waals surface area contributed by atoms with Gasteiger partial charge in [-0.15, -0.1) is 0 Å². The Morgan fingerprint density at radius 3 is 2.55 bits per heavy atom. The van der Waals surface area contributed by atoms with Gasteiger partial charge in [0.1, 0.15) is 17.5 Å². The molecule has 0 fully saturated rings. The second kappa shape index (κ2) is 6.83. The maximum atomic E-state index is 13.8. The lowest BCUT2D eigenvalue weighted by atomic mass is 10.2. The summed E-state index contributed by atoms with van der Waals surface area (Å²) in [5, 5.41) is 6.86. The van der Waals surface area contributed by atoms with E-state index in [0.717, 1.165) is 6.07 Å². The molecule has 0 saturated carbocycles. The highest BCUT2D eigenvalue weighted by atomic mass is 19.1. The molecular weight excluding hydrogens is 268 g/mol. The third-order valence-corrected chi connectivity index (χ3v) is 2.61. The van der Waals surface area contributed by atoms with Crippen LogP contribution in [0.5, 0.6) is 0 Å². The third kappa shape index (κ3) is 3.91. The summed E-state index contributed by atoms with van der Waals surface area (Å²) in [5.41, 5.74) is -0.131. The van der Waals surface area contributed by atoms with E-state index in [1.54, 1.807) is 6.92 Å². The molecule has 1 rings (SSSR count). The molecular formula is C13H17F2N3O2. The van der Waals surface area contributed by atoms with Crippen LogP contribution in [0.4, 0.5) is 19.3 Å². The number of hydrogen-bond donors (Lipinski definition) is 3. The van der Waals surface area contributed by atoms with Crippen LogP contribution >= 0.6 is 0 Å². The molecule has 0 aromatic heterocycles. The second-order valence-corrected chi connectivity index (χ2v) is 4.27. The summed E-state index contributed by atoms with van der Waals surface area (Å²) in [6.45, 7) is 4.94. The molecule has 0 radical (unpaired) electrons. The van der Waals surface area contributed by atoms with Crippen LogP contribution in [0, 0.1) is 18.6 Å². The minimum Gasteiger partial charge on any atom is -0.369 e. The van der Waals surface area contributed by atoms with Gasteiger partial charge in [-0.3, -0.25) is 10.1 Å². The molecule has 0 aliphatic carbocycles. The van der Waals surface area contributed by atoms with Gasteiger partial charge in [0.25, 0.3) is 0 Å². The number of carbonyl (C=O) groups is 2. The number of carbonyl (C=O) groups excluding carboxylic acids is 2. The number of anilines is 1. The van der Waals surface area contributed by atoms with E-state index < -0.39 is 29.6 Å². The molecule has 3 N–H and O–H groups in total. The van der Waals surface area contributed by atoms with Crippen LogP contribution in [-0.4, -0.2) is 24.5 Å². The van der Waals surface area contributed by atoms with Crippen molar-refractivity contribution < 1.29 is 18.4 Å². The molecule has 0 aliphatic rings. The molecule has 0 heterocycles. The average Bonchev–Trinajstić information content (AvgIpc) is 2.39. The van der Waals surface area contributed by atoms with Crippen LogP contribution in [0.1, 0.15) is 19.4 Å². The van der Waals surface area contributed by atoms with Crippen LogP contribution in [0.15, 0.2) is 12.1 Å². The van der Waals surface area contributed by atoms with Crippen molar-refractivity contribution in [2.24, 2.45) is 0 Å². The number of urea groups is 1. The second-order valence-electron chi connectivity index (χ2n) is 4.27. The molecule has 1 atom stereocenters. The first kappa shape index (κ1) is 15.9. The number of hydrogen-bond acceptors (Lipinski definition) is 3. The Morgan fingerprint density at radius 2 is 1.95 bits per heavy atom. The zero-order valence-corrected chi connectivity index (χ0v) is 11.5. The van der Waals surface area contributed by atoms with Gasteiger partial charge >= 0.3 is 6.03 Å². The highest BCUT2D eigenvalue weighted by molar-refractivity contribution is 5.97. The number of nitrogens with one attached hydrogen (secondary N) is 3. The van der Waals surface area contributed by atoms with E-state index >= 15 is 0 Å². The monoisotopic (exact) mass is 285 g/mol. The molecule has 0 saturated heterocycles. The lowest BCUT2D eigenvalue weighted by Gasteiger charge is -2.16. The Morgan fingerprint density at radius 1 is 1.30 bits per heavy atom. The topological polar surface area (TPSA) is 70.2 Å². The maximum Gasteiger partial charge on any atom is 0.321 e. The van der Waals surface area contributed by atoms with E-state index in [-0.39, 0.29) is 11.3 Å². The Bertz CT molecular complexity index is 521. The zero-order valence-electron chi connectivity index (χ0n) is 11.5. The minimum absolute atomic E-state index is 0.255.